The number of fused-ring (bicyclic) bond motifs is 1. The third-order valence-electron chi connectivity index (χ3n) is 6.07. The molecule has 1 amide bonds. The highest BCUT2D eigenvalue weighted by atomic mass is 16.6. The van der Waals surface area contributed by atoms with Crippen LogP contribution in [0.1, 0.15) is 37.9 Å². The molecule has 0 unspecified atom stereocenters. The van der Waals surface area contributed by atoms with Crippen molar-refractivity contribution in [1.29, 1.82) is 0 Å². The zero-order valence-corrected chi connectivity index (χ0v) is 20.9. The van der Waals surface area contributed by atoms with Crippen LogP contribution >= 0.6 is 0 Å². The van der Waals surface area contributed by atoms with Gasteiger partial charge in [-0.25, -0.2) is 19.7 Å². The number of pyridine rings is 1. The number of H-pyrrole nitrogens is 1. The van der Waals surface area contributed by atoms with Crippen LogP contribution in [0, 0.1) is 0 Å². The molecule has 0 aliphatic carbocycles. The Hall–Kier alpha value is -3.85. The summed E-state index contributed by atoms with van der Waals surface area (Å²) >= 11 is 0. The van der Waals surface area contributed by atoms with Gasteiger partial charge in [0.25, 0.3) is 0 Å². The Balaban J connectivity index is 1.20. The van der Waals surface area contributed by atoms with Crippen molar-refractivity contribution in [2.24, 2.45) is 0 Å². The number of aromatic nitrogens is 5. The Bertz CT molecular complexity index is 1340. The number of piperazine rings is 1. The van der Waals surface area contributed by atoms with E-state index in [9.17, 15) is 4.79 Å². The van der Waals surface area contributed by atoms with E-state index in [0.29, 0.717) is 19.5 Å². The number of carbonyl (C=O) groups is 1. The maximum absolute atomic E-state index is 12.3. The van der Waals surface area contributed by atoms with Crippen LogP contribution in [-0.2, 0) is 17.7 Å². The maximum Gasteiger partial charge on any atom is 0.410 e. The van der Waals surface area contributed by atoms with E-state index in [1.807, 2.05) is 45.2 Å². The third-order valence-corrected chi connectivity index (χ3v) is 6.07. The second-order valence-corrected chi connectivity index (χ2v) is 10.1. The lowest BCUT2D eigenvalue weighted by atomic mass is 10.1. The summed E-state index contributed by atoms with van der Waals surface area (Å²) in [6.45, 7) is 9.47. The maximum atomic E-state index is 12.3. The lowest BCUT2D eigenvalue weighted by molar-refractivity contribution is 0.0139. The molecule has 1 saturated heterocycles. The molecule has 3 aromatic heterocycles. The Morgan fingerprint density at radius 3 is 2.61 bits per heavy atom. The van der Waals surface area contributed by atoms with Crippen molar-refractivity contribution in [2.75, 3.05) is 26.2 Å². The zero-order valence-electron chi connectivity index (χ0n) is 20.9. The van der Waals surface area contributed by atoms with Gasteiger partial charge in [0.1, 0.15) is 17.8 Å². The number of nitrogens with one attached hydrogen (secondary N) is 1. The number of hydrogen-bond acceptors (Lipinski definition) is 7. The first-order valence-electron chi connectivity index (χ1n) is 12.2. The molecule has 1 aromatic carbocycles. The molecule has 0 atom stereocenters. The van der Waals surface area contributed by atoms with Gasteiger partial charge in [0.2, 0.25) is 0 Å². The van der Waals surface area contributed by atoms with E-state index < -0.39 is 5.60 Å². The highest BCUT2D eigenvalue weighted by Crippen LogP contribution is 2.22. The summed E-state index contributed by atoms with van der Waals surface area (Å²) in [5.74, 6) is 0.875. The Kier molecular flexibility index (Phi) is 6.65. The molecule has 36 heavy (non-hydrogen) atoms. The van der Waals surface area contributed by atoms with Crippen molar-refractivity contribution >= 4 is 17.1 Å². The number of nitrogens with zero attached hydrogens (tertiary/aromatic N) is 6. The molecule has 1 fully saturated rings. The molecule has 186 valence electrons. The number of rotatable bonds is 5. The van der Waals surface area contributed by atoms with Gasteiger partial charge in [-0.15, -0.1) is 0 Å². The number of carbonyl (C=O) groups excluding carboxylic acids is 1. The average Bonchev–Trinajstić information content (AvgIpc) is 3.25. The van der Waals surface area contributed by atoms with Gasteiger partial charge >= 0.3 is 6.09 Å². The predicted octanol–water partition coefficient (Wildman–Crippen LogP) is 4.06. The molecule has 4 heterocycles. The average molecular weight is 486 g/mol. The van der Waals surface area contributed by atoms with E-state index in [0.717, 1.165) is 53.4 Å². The zero-order chi connectivity index (χ0) is 25.1. The van der Waals surface area contributed by atoms with Crippen molar-refractivity contribution in [3.8, 4) is 11.3 Å². The van der Waals surface area contributed by atoms with E-state index >= 15 is 0 Å². The lowest BCUT2D eigenvalue weighted by Gasteiger charge is -2.35. The van der Waals surface area contributed by atoms with Gasteiger partial charge in [-0.1, -0.05) is 6.07 Å². The number of aromatic amines is 1. The number of amides is 1. The van der Waals surface area contributed by atoms with Gasteiger partial charge in [-0.05, 0) is 56.7 Å². The van der Waals surface area contributed by atoms with E-state index in [1.54, 1.807) is 17.4 Å². The number of ether oxygens (including phenoxy) is 1. The van der Waals surface area contributed by atoms with Crippen molar-refractivity contribution in [2.45, 2.75) is 39.3 Å². The van der Waals surface area contributed by atoms with Gasteiger partial charge in [-0.3, -0.25) is 9.88 Å². The molecular weight excluding hydrogens is 454 g/mol. The monoisotopic (exact) mass is 485 g/mol. The predicted molar refractivity (Wildman–Crippen MR) is 137 cm³/mol. The molecule has 1 N–H and O–H groups in total. The first-order valence-corrected chi connectivity index (χ1v) is 12.2. The highest BCUT2D eigenvalue weighted by molar-refractivity contribution is 5.81. The van der Waals surface area contributed by atoms with Crippen LogP contribution in [0.3, 0.4) is 0 Å². The molecule has 0 bridgehead atoms. The highest BCUT2D eigenvalue weighted by Gasteiger charge is 2.25. The molecule has 1 aliphatic heterocycles. The van der Waals surface area contributed by atoms with Gasteiger partial charge in [0, 0.05) is 62.8 Å². The smallest absolute Gasteiger partial charge is 0.410 e. The van der Waals surface area contributed by atoms with Crippen molar-refractivity contribution in [3.63, 3.8) is 0 Å². The van der Waals surface area contributed by atoms with Crippen LogP contribution in [0.25, 0.3) is 22.3 Å². The fourth-order valence-electron chi connectivity index (χ4n) is 4.33. The molecule has 1 aliphatic rings. The summed E-state index contributed by atoms with van der Waals surface area (Å²) in [6, 6.07) is 12.2. The van der Waals surface area contributed by atoms with E-state index in [1.165, 1.54) is 5.56 Å². The molecule has 0 radical (unpaired) electrons. The number of imidazole rings is 1. The van der Waals surface area contributed by atoms with Gasteiger partial charge in [0.05, 0.1) is 16.7 Å². The van der Waals surface area contributed by atoms with Crippen LogP contribution in [0.4, 0.5) is 4.79 Å². The van der Waals surface area contributed by atoms with Crippen molar-refractivity contribution in [1.82, 2.24) is 34.7 Å². The molecule has 0 saturated carbocycles. The summed E-state index contributed by atoms with van der Waals surface area (Å²) in [5.41, 5.74) is 5.49. The van der Waals surface area contributed by atoms with E-state index in [4.69, 9.17) is 9.72 Å². The second-order valence-electron chi connectivity index (χ2n) is 10.1. The summed E-state index contributed by atoms with van der Waals surface area (Å²) in [7, 11) is 0. The summed E-state index contributed by atoms with van der Waals surface area (Å²) in [5, 5.41) is 0. The topological polar surface area (TPSA) is 100 Å². The van der Waals surface area contributed by atoms with Gasteiger partial charge in [0.15, 0.2) is 0 Å². The normalized spacial score (nSPS) is 14.8. The van der Waals surface area contributed by atoms with Crippen molar-refractivity contribution < 1.29 is 9.53 Å². The van der Waals surface area contributed by atoms with Crippen LogP contribution in [0.2, 0.25) is 0 Å². The SMILES string of the molecule is CC(C)(C)OC(=O)N1CCN(Cc2ccnc(Cc3nc4ccc(-c5ccncn5)cc4[nH]3)c2)CC1. The molecule has 9 nitrogen and oxygen atoms in total. The van der Waals surface area contributed by atoms with Gasteiger partial charge in [-0.2, -0.15) is 0 Å². The van der Waals surface area contributed by atoms with Crippen LogP contribution in [0.15, 0.2) is 55.1 Å². The standard InChI is InChI=1S/C27H31N7O2/c1-27(2,3)36-26(35)34-12-10-33(11-13-34)17-19-6-9-29-21(14-19)16-25-31-23-5-4-20(15-24(23)32-25)22-7-8-28-18-30-22/h4-9,14-15,18H,10-13,16-17H2,1-3H3,(H,31,32). The first kappa shape index (κ1) is 23.9. The van der Waals surface area contributed by atoms with Gasteiger partial charge < -0.3 is 14.6 Å². The Morgan fingerprint density at radius 2 is 1.86 bits per heavy atom. The molecule has 5 rings (SSSR count). The Labute approximate surface area is 210 Å². The minimum atomic E-state index is -0.472. The van der Waals surface area contributed by atoms with Crippen LogP contribution in [-0.4, -0.2) is 72.6 Å². The quantitative estimate of drug-likeness (QED) is 0.455. The lowest BCUT2D eigenvalue weighted by Crippen LogP contribution is -2.49. The molecule has 4 aromatic rings. The molecular formula is C27H31N7O2. The summed E-state index contributed by atoms with van der Waals surface area (Å²) < 4.78 is 5.50. The summed E-state index contributed by atoms with van der Waals surface area (Å²) in [4.78, 5) is 37.5. The van der Waals surface area contributed by atoms with Crippen molar-refractivity contribution in [3.05, 3.63) is 72.2 Å². The molecule has 0 spiro atoms. The minimum Gasteiger partial charge on any atom is -0.444 e. The minimum absolute atomic E-state index is 0.233. The largest absolute Gasteiger partial charge is 0.444 e. The fourth-order valence-corrected chi connectivity index (χ4v) is 4.33. The Morgan fingerprint density at radius 1 is 1.03 bits per heavy atom. The number of hydrogen-bond donors (Lipinski definition) is 1. The number of benzene rings is 1. The third kappa shape index (κ3) is 5.85. The first-order chi connectivity index (χ1) is 17.3. The van der Waals surface area contributed by atoms with E-state index in [-0.39, 0.29) is 6.09 Å². The molecule has 9 heteroatoms. The van der Waals surface area contributed by atoms with Crippen LogP contribution < -0.4 is 0 Å². The fraction of sp³-hybridized carbons (Fsp3) is 0.370. The van der Waals surface area contributed by atoms with E-state index in [2.05, 4.69) is 43.0 Å². The second kappa shape index (κ2) is 10.0. The van der Waals surface area contributed by atoms with Crippen LogP contribution in [0.5, 0.6) is 0 Å². The summed E-state index contributed by atoms with van der Waals surface area (Å²) in [6.07, 6.45) is 5.54.